The Balaban J connectivity index is 1.79. The molecule has 2 aliphatic rings. The van der Waals surface area contributed by atoms with Gasteiger partial charge in [-0.05, 0) is 42.3 Å². The molecule has 6 heteroatoms. The maximum atomic E-state index is 13.0. The van der Waals surface area contributed by atoms with Crippen molar-refractivity contribution in [3.8, 4) is 5.75 Å². The highest BCUT2D eigenvalue weighted by atomic mass is 35.5. The van der Waals surface area contributed by atoms with E-state index in [4.69, 9.17) is 21.1 Å². The first-order valence-electron chi connectivity index (χ1n) is 8.63. The van der Waals surface area contributed by atoms with Crippen molar-refractivity contribution in [3.05, 3.63) is 69.9 Å². The van der Waals surface area contributed by atoms with Crippen LogP contribution in [-0.4, -0.2) is 25.6 Å². The Kier molecular flexibility index (Phi) is 4.40. The van der Waals surface area contributed by atoms with Gasteiger partial charge in [0.1, 0.15) is 12.4 Å². The molecule has 0 saturated carbocycles. The second-order valence-corrected chi connectivity index (χ2v) is 7.04. The number of carbonyl (C=O) groups excluding carboxylic acids is 2. The van der Waals surface area contributed by atoms with Crippen LogP contribution in [0.4, 0.5) is 5.69 Å². The molecule has 2 heterocycles. The number of carbonyl (C=O) groups is 2. The van der Waals surface area contributed by atoms with Crippen molar-refractivity contribution < 1.29 is 19.1 Å². The van der Waals surface area contributed by atoms with Crippen molar-refractivity contribution in [2.24, 2.45) is 0 Å². The average molecular weight is 384 g/mol. The number of rotatable bonds is 3. The van der Waals surface area contributed by atoms with Crippen molar-refractivity contribution in [2.75, 3.05) is 18.6 Å². The van der Waals surface area contributed by atoms with Crippen LogP contribution >= 0.6 is 11.6 Å². The molecule has 2 aliphatic heterocycles. The van der Waals surface area contributed by atoms with Crippen LogP contribution in [0.3, 0.4) is 0 Å². The SMILES string of the molecule is COc1ccc([C@H]2CC(=O)N(c3ccc(C)c(Cl)c3)C3=C2C(=O)OC3)cc1. The zero-order chi connectivity index (χ0) is 19.1. The van der Waals surface area contributed by atoms with Gasteiger partial charge in [0.25, 0.3) is 0 Å². The number of cyclic esters (lactones) is 1. The predicted octanol–water partition coefficient (Wildman–Crippen LogP) is 3.99. The maximum absolute atomic E-state index is 13.0. The standard InChI is InChI=1S/C21H18ClNO4/c1-12-3-6-14(9-17(12)22)23-18-11-27-21(25)20(18)16(10-19(23)24)13-4-7-15(26-2)8-5-13/h3-9,16H,10-11H2,1-2H3/t16-/m1/s1. The molecule has 27 heavy (non-hydrogen) atoms. The summed E-state index contributed by atoms with van der Waals surface area (Å²) in [6, 6.07) is 12.9. The predicted molar refractivity (Wildman–Crippen MR) is 102 cm³/mol. The lowest BCUT2D eigenvalue weighted by molar-refractivity contribution is -0.136. The number of aryl methyl sites for hydroxylation is 1. The third-order valence-corrected chi connectivity index (χ3v) is 5.46. The third kappa shape index (κ3) is 2.98. The van der Waals surface area contributed by atoms with Crippen LogP contribution in [0.15, 0.2) is 53.7 Å². The number of benzene rings is 2. The number of nitrogens with zero attached hydrogens (tertiary/aromatic N) is 1. The highest BCUT2D eigenvalue weighted by Gasteiger charge is 2.43. The number of methoxy groups -OCH3 is 1. The van der Waals surface area contributed by atoms with E-state index in [1.54, 1.807) is 18.1 Å². The van der Waals surface area contributed by atoms with Gasteiger partial charge < -0.3 is 9.47 Å². The Bertz CT molecular complexity index is 965. The summed E-state index contributed by atoms with van der Waals surface area (Å²) in [6.07, 6.45) is 0.186. The van der Waals surface area contributed by atoms with Crippen molar-refractivity contribution in [1.29, 1.82) is 0 Å². The van der Waals surface area contributed by atoms with Crippen LogP contribution in [-0.2, 0) is 14.3 Å². The van der Waals surface area contributed by atoms with Crippen molar-refractivity contribution in [1.82, 2.24) is 0 Å². The van der Waals surface area contributed by atoms with E-state index in [0.29, 0.717) is 22.0 Å². The van der Waals surface area contributed by atoms with E-state index in [1.165, 1.54) is 0 Å². The molecule has 2 aromatic rings. The summed E-state index contributed by atoms with van der Waals surface area (Å²) in [5, 5.41) is 0.574. The highest BCUT2D eigenvalue weighted by Crippen LogP contribution is 2.42. The van der Waals surface area contributed by atoms with Crippen LogP contribution in [0.25, 0.3) is 0 Å². The minimum absolute atomic E-state index is 0.0814. The zero-order valence-corrected chi connectivity index (χ0v) is 15.7. The van der Waals surface area contributed by atoms with Crippen LogP contribution in [0.2, 0.25) is 5.02 Å². The first-order chi connectivity index (χ1) is 13.0. The second kappa shape index (κ2) is 6.74. The Morgan fingerprint density at radius 1 is 1.15 bits per heavy atom. The summed E-state index contributed by atoms with van der Waals surface area (Å²) < 4.78 is 10.5. The number of anilines is 1. The number of hydrogen-bond acceptors (Lipinski definition) is 4. The molecule has 0 N–H and O–H groups in total. The van der Waals surface area contributed by atoms with Gasteiger partial charge in [-0.3, -0.25) is 9.69 Å². The molecule has 0 aliphatic carbocycles. The first kappa shape index (κ1) is 17.6. The van der Waals surface area contributed by atoms with Gasteiger partial charge in [-0.25, -0.2) is 4.79 Å². The van der Waals surface area contributed by atoms with E-state index in [1.807, 2.05) is 43.3 Å². The topological polar surface area (TPSA) is 55.8 Å². The largest absolute Gasteiger partial charge is 0.497 e. The van der Waals surface area contributed by atoms with Gasteiger partial charge in [0, 0.05) is 17.4 Å². The molecule has 0 unspecified atom stereocenters. The molecule has 5 nitrogen and oxygen atoms in total. The number of halogens is 1. The van der Waals surface area contributed by atoms with E-state index in [2.05, 4.69) is 0 Å². The molecular weight excluding hydrogens is 366 g/mol. The summed E-state index contributed by atoms with van der Waals surface area (Å²) in [6.45, 7) is 1.98. The summed E-state index contributed by atoms with van der Waals surface area (Å²) in [5.74, 6) is -0.0695. The fourth-order valence-electron chi connectivity index (χ4n) is 3.60. The number of esters is 1. The number of hydrogen-bond donors (Lipinski definition) is 0. The summed E-state index contributed by atoms with van der Waals surface area (Å²) in [7, 11) is 1.60. The molecule has 0 spiro atoms. The maximum Gasteiger partial charge on any atom is 0.336 e. The molecule has 1 atom stereocenters. The van der Waals surface area contributed by atoms with Gasteiger partial charge in [-0.1, -0.05) is 29.8 Å². The molecule has 4 rings (SSSR count). The Morgan fingerprint density at radius 3 is 2.56 bits per heavy atom. The molecule has 0 fully saturated rings. The van der Waals surface area contributed by atoms with E-state index < -0.39 is 0 Å². The highest BCUT2D eigenvalue weighted by molar-refractivity contribution is 6.31. The third-order valence-electron chi connectivity index (χ3n) is 5.05. The smallest absolute Gasteiger partial charge is 0.336 e. The zero-order valence-electron chi connectivity index (χ0n) is 15.0. The molecular formula is C21H18ClNO4. The monoisotopic (exact) mass is 383 g/mol. The molecule has 2 aromatic carbocycles. The molecule has 0 saturated heterocycles. The lowest BCUT2D eigenvalue weighted by Crippen LogP contribution is -2.37. The van der Waals surface area contributed by atoms with Gasteiger partial charge in [-0.15, -0.1) is 0 Å². The van der Waals surface area contributed by atoms with Crippen LogP contribution in [0.5, 0.6) is 5.75 Å². The van der Waals surface area contributed by atoms with Gasteiger partial charge in [0.15, 0.2) is 0 Å². The molecule has 138 valence electrons. The quantitative estimate of drug-likeness (QED) is 0.752. The minimum Gasteiger partial charge on any atom is -0.497 e. The van der Waals surface area contributed by atoms with Crippen LogP contribution in [0, 0.1) is 6.92 Å². The minimum atomic E-state index is -0.374. The van der Waals surface area contributed by atoms with Crippen molar-refractivity contribution in [2.45, 2.75) is 19.3 Å². The fourth-order valence-corrected chi connectivity index (χ4v) is 3.77. The van der Waals surface area contributed by atoms with Crippen LogP contribution < -0.4 is 9.64 Å². The van der Waals surface area contributed by atoms with Gasteiger partial charge in [0.2, 0.25) is 5.91 Å². The Morgan fingerprint density at radius 2 is 1.89 bits per heavy atom. The second-order valence-electron chi connectivity index (χ2n) is 6.63. The van der Waals surface area contributed by atoms with E-state index in [-0.39, 0.29) is 30.8 Å². The molecule has 1 amide bonds. The van der Waals surface area contributed by atoms with E-state index >= 15 is 0 Å². The summed E-state index contributed by atoms with van der Waals surface area (Å²) >= 11 is 6.24. The Hall–Kier alpha value is -2.79. The van der Waals surface area contributed by atoms with Gasteiger partial charge in [-0.2, -0.15) is 0 Å². The molecule has 0 bridgehead atoms. The first-order valence-corrected chi connectivity index (χ1v) is 9.00. The normalized spacial score (nSPS) is 19.2. The average Bonchev–Trinajstić information content (AvgIpc) is 3.05. The Labute approximate surface area is 162 Å². The summed E-state index contributed by atoms with van der Waals surface area (Å²) in [5.41, 5.74) is 3.59. The van der Waals surface area contributed by atoms with Crippen LogP contribution in [0.1, 0.15) is 23.5 Å². The molecule has 0 radical (unpaired) electrons. The lowest BCUT2D eigenvalue weighted by Gasteiger charge is -2.32. The van der Waals surface area contributed by atoms with Crippen molar-refractivity contribution in [3.63, 3.8) is 0 Å². The van der Waals surface area contributed by atoms with E-state index in [9.17, 15) is 9.59 Å². The van der Waals surface area contributed by atoms with Gasteiger partial charge >= 0.3 is 5.97 Å². The number of amides is 1. The number of ether oxygens (including phenoxy) is 2. The van der Waals surface area contributed by atoms with E-state index in [0.717, 1.165) is 16.9 Å². The lowest BCUT2D eigenvalue weighted by atomic mass is 9.84. The van der Waals surface area contributed by atoms with Gasteiger partial charge in [0.05, 0.1) is 24.1 Å². The summed E-state index contributed by atoms with van der Waals surface area (Å²) in [4.78, 5) is 27.0. The fraction of sp³-hybridized carbons (Fsp3) is 0.238. The molecule has 0 aromatic heterocycles. The van der Waals surface area contributed by atoms with Crippen molar-refractivity contribution >= 4 is 29.2 Å².